The summed E-state index contributed by atoms with van der Waals surface area (Å²) >= 11 is 0. The molecule has 2 bridgehead atoms. The Bertz CT molecular complexity index is 234. The summed E-state index contributed by atoms with van der Waals surface area (Å²) in [5, 5.41) is 3.60. The maximum Gasteiger partial charge on any atom is 0.0906 e. The van der Waals surface area contributed by atoms with Crippen molar-refractivity contribution in [3.63, 3.8) is 0 Å². The van der Waals surface area contributed by atoms with Gasteiger partial charge in [-0.1, -0.05) is 20.8 Å². The fraction of sp³-hybridized carbons (Fsp3) is 1.00. The Morgan fingerprint density at radius 1 is 1.33 bits per heavy atom. The van der Waals surface area contributed by atoms with Crippen molar-refractivity contribution in [2.24, 2.45) is 16.7 Å². The Labute approximate surface area is 92.8 Å². The van der Waals surface area contributed by atoms with Gasteiger partial charge in [0.2, 0.25) is 0 Å². The van der Waals surface area contributed by atoms with Gasteiger partial charge in [-0.3, -0.25) is 4.39 Å². The standard InChI is InChI=1S/C13H24FN/c1-12(2)10-5-6-13(3,9-10)11(12)15-8-4-7-14/h10-11,15H,4-9H2,1-3H3. The maximum absolute atomic E-state index is 12.1. The van der Waals surface area contributed by atoms with Gasteiger partial charge in [0.15, 0.2) is 0 Å². The highest BCUT2D eigenvalue weighted by atomic mass is 19.1. The van der Waals surface area contributed by atoms with Crippen molar-refractivity contribution in [3.05, 3.63) is 0 Å². The molecule has 0 radical (unpaired) electrons. The molecule has 15 heavy (non-hydrogen) atoms. The molecule has 0 aromatic carbocycles. The fourth-order valence-corrected chi connectivity index (χ4v) is 4.12. The Balaban J connectivity index is 2.02. The summed E-state index contributed by atoms with van der Waals surface area (Å²) in [5.41, 5.74) is 0.883. The number of hydrogen-bond acceptors (Lipinski definition) is 1. The molecule has 0 spiro atoms. The molecule has 2 heteroatoms. The van der Waals surface area contributed by atoms with E-state index in [1.54, 1.807) is 0 Å². The molecule has 88 valence electrons. The Morgan fingerprint density at radius 3 is 2.60 bits per heavy atom. The summed E-state index contributed by atoms with van der Waals surface area (Å²) in [6, 6.07) is 0.593. The van der Waals surface area contributed by atoms with Crippen LogP contribution in [0.3, 0.4) is 0 Å². The van der Waals surface area contributed by atoms with Crippen LogP contribution in [0.1, 0.15) is 46.5 Å². The van der Waals surface area contributed by atoms with E-state index >= 15 is 0 Å². The van der Waals surface area contributed by atoms with Crippen LogP contribution in [-0.2, 0) is 0 Å². The summed E-state index contributed by atoms with van der Waals surface area (Å²) in [5.74, 6) is 0.880. The number of fused-ring (bicyclic) bond motifs is 2. The van der Waals surface area contributed by atoms with E-state index in [0.29, 0.717) is 23.3 Å². The third kappa shape index (κ3) is 1.71. The third-order valence-corrected chi connectivity index (χ3v) is 4.93. The first-order chi connectivity index (χ1) is 7.00. The van der Waals surface area contributed by atoms with E-state index < -0.39 is 0 Å². The Kier molecular flexibility index (Phi) is 2.83. The van der Waals surface area contributed by atoms with E-state index in [9.17, 15) is 4.39 Å². The van der Waals surface area contributed by atoms with Gasteiger partial charge in [0.25, 0.3) is 0 Å². The average molecular weight is 213 g/mol. The van der Waals surface area contributed by atoms with Crippen LogP contribution in [0.4, 0.5) is 4.39 Å². The molecular formula is C13H24FN. The lowest BCUT2D eigenvalue weighted by Crippen LogP contribution is -2.50. The first-order valence-electron chi connectivity index (χ1n) is 6.30. The molecule has 0 aromatic rings. The fourth-order valence-electron chi connectivity index (χ4n) is 4.12. The van der Waals surface area contributed by atoms with E-state index in [1.165, 1.54) is 19.3 Å². The van der Waals surface area contributed by atoms with Crippen molar-refractivity contribution in [1.29, 1.82) is 0 Å². The number of halogens is 1. The van der Waals surface area contributed by atoms with Crippen LogP contribution in [0.25, 0.3) is 0 Å². The molecular weight excluding hydrogens is 189 g/mol. The molecule has 0 saturated heterocycles. The van der Waals surface area contributed by atoms with E-state index in [2.05, 4.69) is 26.1 Å². The van der Waals surface area contributed by atoms with Crippen molar-refractivity contribution >= 4 is 0 Å². The molecule has 1 nitrogen and oxygen atoms in total. The summed E-state index contributed by atoms with van der Waals surface area (Å²) < 4.78 is 12.1. The summed E-state index contributed by atoms with van der Waals surface area (Å²) in [4.78, 5) is 0. The van der Waals surface area contributed by atoms with Gasteiger partial charge in [0.05, 0.1) is 6.67 Å². The second-order valence-electron chi connectivity index (χ2n) is 6.34. The van der Waals surface area contributed by atoms with Crippen molar-refractivity contribution in [2.45, 2.75) is 52.5 Å². The monoisotopic (exact) mass is 213 g/mol. The molecule has 0 aliphatic heterocycles. The van der Waals surface area contributed by atoms with E-state index in [1.807, 2.05) is 0 Å². The Morgan fingerprint density at radius 2 is 2.07 bits per heavy atom. The van der Waals surface area contributed by atoms with Crippen LogP contribution in [0.15, 0.2) is 0 Å². The molecule has 1 N–H and O–H groups in total. The van der Waals surface area contributed by atoms with Crippen molar-refractivity contribution in [3.8, 4) is 0 Å². The smallest absolute Gasteiger partial charge is 0.0906 e. The van der Waals surface area contributed by atoms with E-state index in [0.717, 1.165) is 12.5 Å². The van der Waals surface area contributed by atoms with Crippen LogP contribution in [-0.4, -0.2) is 19.3 Å². The Hall–Kier alpha value is -0.110. The zero-order valence-corrected chi connectivity index (χ0v) is 10.3. The number of hydrogen-bond donors (Lipinski definition) is 1. The molecule has 2 saturated carbocycles. The minimum Gasteiger partial charge on any atom is -0.313 e. The molecule has 2 aliphatic rings. The summed E-state index contributed by atoms with van der Waals surface area (Å²) in [6.07, 6.45) is 4.78. The van der Waals surface area contributed by atoms with Crippen LogP contribution >= 0.6 is 0 Å². The molecule has 2 rings (SSSR count). The minimum absolute atomic E-state index is 0.194. The summed E-state index contributed by atoms with van der Waals surface area (Å²) in [7, 11) is 0. The minimum atomic E-state index is -0.194. The van der Waals surface area contributed by atoms with Crippen molar-refractivity contribution < 1.29 is 4.39 Å². The van der Waals surface area contributed by atoms with Gasteiger partial charge in [-0.15, -0.1) is 0 Å². The van der Waals surface area contributed by atoms with Gasteiger partial charge in [0.1, 0.15) is 0 Å². The number of nitrogens with one attached hydrogen (secondary N) is 1. The first-order valence-corrected chi connectivity index (χ1v) is 6.30. The predicted octanol–water partition coefficient (Wildman–Crippen LogP) is 3.15. The molecule has 2 fully saturated rings. The van der Waals surface area contributed by atoms with Gasteiger partial charge in [-0.2, -0.15) is 0 Å². The third-order valence-electron chi connectivity index (χ3n) is 4.93. The van der Waals surface area contributed by atoms with E-state index in [-0.39, 0.29) is 6.67 Å². The quantitative estimate of drug-likeness (QED) is 0.707. The maximum atomic E-state index is 12.1. The zero-order valence-electron chi connectivity index (χ0n) is 10.3. The first kappa shape index (κ1) is 11.4. The van der Waals surface area contributed by atoms with Crippen molar-refractivity contribution in [2.75, 3.05) is 13.2 Å². The molecule has 0 heterocycles. The summed E-state index contributed by atoms with van der Waals surface area (Å²) in [6.45, 7) is 7.83. The largest absolute Gasteiger partial charge is 0.313 e. The SMILES string of the molecule is CC12CCC(C1)C(C)(C)C2NCCCF. The molecule has 3 atom stereocenters. The van der Waals surface area contributed by atoms with Gasteiger partial charge in [-0.05, 0) is 49.0 Å². The number of alkyl halides is 1. The molecule has 3 unspecified atom stereocenters. The second-order valence-corrected chi connectivity index (χ2v) is 6.34. The second kappa shape index (κ2) is 3.73. The van der Waals surface area contributed by atoms with Crippen LogP contribution in [0.2, 0.25) is 0 Å². The van der Waals surface area contributed by atoms with Gasteiger partial charge in [0, 0.05) is 6.04 Å². The highest BCUT2D eigenvalue weighted by Crippen LogP contribution is 2.62. The molecule has 2 aliphatic carbocycles. The highest BCUT2D eigenvalue weighted by Gasteiger charge is 2.58. The van der Waals surface area contributed by atoms with E-state index in [4.69, 9.17) is 0 Å². The predicted molar refractivity (Wildman–Crippen MR) is 61.6 cm³/mol. The number of rotatable bonds is 4. The van der Waals surface area contributed by atoms with Gasteiger partial charge < -0.3 is 5.32 Å². The average Bonchev–Trinajstić information content (AvgIpc) is 2.62. The van der Waals surface area contributed by atoms with Crippen molar-refractivity contribution in [1.82, 2.24) is 5.32 Å². The lowest BCUT2D eigenvalue weighted by molar-refractivity contribution is 0.109. The van der Waals surface area contributed by atoms with Gasteiger partial charge >= 0.3 is 0 Å². The normalized spacial score (nSPS) is 42.4. The topological polar surface area (TPSA) is 12.0 Å². The van der Waals surface area contributed by atoms with Gasteiger partial charge in [-0.25, -0.2) is 0 Å². The molecule has 0 aromatic heterocycles. The lowest BCUT2D eigenvalue weighted by Gasteiger charge is -2.43. The lowest BCUT2D eigenvalue weighted by atomic mass is 9.68. The van der Waals surface area contributed by atoms with Crippen LogP contribution in [0.5, 0.6) is 0 Å². The zero-order chi connectivity index (χ0) is 11.1. The highest BCUT2D eigenvalue weighted by molar-refractivity contribution is 5.11. The van der Waals surface area contributed by atoms with Crippen LogP contribution < -0.4 is 5.32 Å². The molecule has 0 amide bonds. The van der Waals surface area contributed by atoms with Crippen LogP contribution in [0, 0.1) is 16.7 Å².